The van der Waals surface area contributed by atoms with Crippen molar-refractivity contribution < 1.29 is 17.6 Å². The molecular weight excluding hydrogens is 293 g/mol. The van der Waals surface area contributed by atoms with Gasteiger partial charge in [-0.3, -0.25) is 0 Å². The van der Waals surface area contributed by atoms with Crippen LogP contribution in [0.1, 0.15) is 18.4 Å². The second-order valence-electron chi connectivity index (χ2n) is 3.80. The fourth-order valence-electron chi connectivity index (χ4n) is 1.34. The first-order chi connectivity index (χ1) is 9.38. The number of aryl methyl sites for hydroxylation is 1. The van der Waals surface area contributed by atoms with Gasteiger partial charge in [0.25, 0.3) is 5.22 Å². The van der Waals surface area contributed by atoms with E-state index in [1.807, 2.05) is 0 Å². The van der Waals surface area contributed by atoms with Crippen LogP contribution in [0, 0.1) is 6.92 Å². The first-order valence-electron chi connectivity index (χ1n) is 5.68. The molecule has 108 valence electrons. The van der Waals surface area contributed by atoms with Crippen LogP contribution in [0.4, 0.5) is 19.0 Å². The minimum absolute atomic E-state index is 0.112. The van der Waals surface area contributed by atoms with E-state index < -0.39 is 12.0 Å². The SMILES string of the molecule is CCNc1cc(Sc2nc(C)co2)nc(C(F)(F)F)n1. The van der Waals surface area contributed by atoms with Gasteiger partial charge in [0.2, 0.25) is 5.82 Å². The van der Waals surface area contributed by atoms with Crippen molar-refractivity contribution >= 4 is 17.6 Å². The molecule has 0 spiro atoms. The Labute approximate surface area is 117 Å². The Morgan fingerprint density at radius 3 is 2.60 bits per heavy atom. The molecule has 20 heavy (non-hydrogen) atoms. The van der Waals surface area contributed by atoms with E-state index in [0.717, 1.165) is 11.8 Å². The van der Waals surface area contributed by atoms with Crippen LogP contribution in [0.25, 0.3) is 0 Å². The van der Waals surface area contributed by atoms with Crippen molar-refractivity contribution in [1.29, 1.82) is 0 Å². The molecule has 2 rings (SSSR count). The third-order valence-electron chi connectivity index (χ3n) is 2.10. The summed E-state index contributed by atoms with van der Waals surface area (Å²) in [6.07, 6.45) is -3.19. The van der Waals surface area contributed by atoms with Gasteiger partial charge in [0, 0.05) is 12.6 Å². The van der Waals surface area contributed by atoms with Gasteiger partial charge in [-0.25, -0.2) is 15.0 Å². The summed E-state index contributed by atoms with van der Waals surface area (Å²) >= 11 is 0.910. The average molecular weight is 304 g/mol. The number of oxazole rings is 1. The zero-order valence-corrected chi connectivity index (χ0v) is 11.5. The number of nitrogens with zero attached hydrogens (tertiary/aromatic N) is 3. The second-order valence-corrected chi connectivity index (χ2v) is 4.77. The van der Waals surface area contributed by atoms with E-state index in [0.29, 0.717) is 12.2 Å². The van der Waals surface area contributed by atoms with Crippen molar-refractivity contribution in [3.05, 3.63) is 23.8 Å². The van der Waals surface area contributed by atoms with Crippen LogP contribution in [0.5, 0.6) is 0 Å². The number of aromatic nitrogens is 3. The van der Waals surface area contributed by atoms with Gasteiger partial charge in [0.1, 0.15) is 17.1 Å². The molecule has 0 aromatic carbocycles. The Morgan fingerprint density at radius 2 is 2.05 bits per heavy atom. The topological polar surface area (TPSA) is 63.8 Å². The lowest BCUT2D eigenvalue weighted by atomic mass is 10.5. The Morgan fingerprint density at radius 1 is 1.30 bits per heavy atom. The number of hydrogen-bond acceptors (Lipinski definition) is 6. The molecular formula is C11H11F3N4OS. The molecule has 2 aromatic heterocycles. The van der Waals surface area contributed by atoms with Gasteiger partial charge in [-0.05, 0) is 25.6 Å². The van der Waals surface area contributed by atoms with Gasteiger partial charge in [-0.1, -0.05) is 0 Å². The van der Waals surface area contributed by atoms with Crippen LogP contribution in [0.2, 0.25) is 0 Å². The maximum absolute atomic E-state index is 12.7. The quantitative estimate of drug-likeness (QED) is 0.874. The Balaban J connectivity index is 2.33. The first-order valence-corrected chi connectivity index (χ1v) is 6.50. The fourth-order valence-corrected chi connectivity index (χ4v) is 2.11. The van der Waals surface area contributed by atoms with E-state index in [-0.39, 0.29) is 16.1 Å². The first kappa shape index (κ1) is 14.6. The molecule has 0 bridgehead atoms. The van der Waals surface area contributed by atoms with Crippen LogP contribution in [0.15, 0.2) is 27.0 Å². The third kappa shape index (κ3) is 3.62. The van der Waals surface area contributed by atoms with Crippen molar-refractivity contribution in [2.45, 2.75) is 30.3 Å². The predicted octanol–water partition coefficient (Wildman–Crippen LogP) is 3.37. The van der Waals surface area contributed by atoms with E-state index >= 15 is 0 Å². The lowest BCUT2D eigenvalue weighted by Gasteiger charge is -2.09. The predicted molar refractivity (Wildman–Crippen MR) is 66.6 cm³/mol. The fraction of sp³-hybridized carbons (Fsp3) is 0.364. The minimum Gasteiger partial charge on any atom is -0.439 e. The molecule has 0 fully saturated rings. The molecule has 9 heteroatoms. The van der Waals surface area contributed by atoms with Crippen molar-refractivity contribution in [2.24, 2.45) is 0 Å². The van der Waals surface area contributed by atoms with E-state index in [4.69, 9.17) is 4.42 Å². The van der Waals surface area contributed by atoms with Gasteiger partial charge in [0.15, 0.2) is 0 Å². The third-order valence-corrected chi connectivity index (χ3v) is 2.88. The number of halogens is 3. The van der Waals surface area contributed by atoms with Crippen molar-refractivity contribution in [3.63, 3.8) is 0 Å². The van der Waals surface area contributed by atoms with Crippen LogP contribution in [-0.4, -0.2) is 21.5 Å². The van der Waals surface area contributed by atoms with Crippen molar-refractivity contribution in [3.8, 4) is 0 Å². The maximum atomic E-state index is 12.7. The molecule has 1 N–H and O–H groups in total. The monoisotopic (exact) mass is 304 g/mol. The summed E-state index contributed by atoms with van der Waals surface area (Å²) in [6.45, 7) is 3.94. The molecule has 5 nitrogen and oxygen atoms in total. The van der Waals surface area contributed by atoms with Crippen LogP contribution >= 0.6 is 11.8 Å². The Bertz CT molecular complexity index is 600. The molecule has 0 atom stereocenters. The van der Waals surface area contributed by atoms with Gasteiger partial charge >= 0.3 is 6.18 Å². The Kier molecular flexibility index (Phi) is 4.17. The van der Waals surface area contributed by atoms with Gasteiger partial charge in [0.05, 0.1) is 5.69 Å². The summed E-state index contributed by atoms with van der Waals surface area (Å²) < 4.78 is 43.3. The highest BCUT2D eigenvalue weighted by Crippen LogP contribution is 2.32. The number of anilines is 1. The van der Waals surface area contributed by atoms with Gasteiger partial charge in [-0.15, -0.1) is 0 Å². The van der Waals surface area contributed by atoms with Crippen molar-refractivity contribution in [2.75, 3.05) is 11.9 Å². The summed E-state index contributed by atoms with van der Waals surface area (Å²) in [7, 11) is 0. The molecule has 0 radical (unpaired) electrons. The minimum atomic E-state index is -4.60. The summed E-state index contributed by atoms with van der Waals surface area (Å²) in [5, 5.41) is 3.08. The summed E-state index contributed by atoms with van der Waals surface area (Å²) in [6, 6.07) is 1.42. The van der Waals surface area contributed by atoms with Gasteiger partial charge in [-0.2, -0.15) is 13.2 Å². The molecule has 2 aromatic rings. The Hall–Kier alpha value is -1.77. The summed E-state index contributed by atoms with van der Waals surface area (Å²) in [5.41, 5.74) is 0.643. The molecule has 0 aliphatic rings. The highest BCUT2D eigenvalue weighted by molar-refractivity contribution is 7.99. The normalized spacial score (nSPS) is 11.7. The van der Waals surface area contributed by atoms with E-state index in [1.54, 1.807) is 13.8 Å². The lowest BCUT2D eigenvalue weighted by Crippen LogP contribution is -2.13. The maximum Gasteiger partial charge on any atom is 0.451 e. The zero-order valence-electron chi connectivity index (χ0n) is 10.7. The molecule has 0 unspecified atom stereocenters. The number of nitrogens with one attached hydrogen (secondary N) is 1. The molecule has 2 heterocycles. The molecule has 0 saturated carbocycles. The van der Waals surface area contributed by atoms with Gasteiger partial charge < -0.3 is 9.73 Å². The number of rotatable bonds is 4. The molecule has 0 aliphatic carbocycles. The highest BCUT2D eigenvalue weighted by atomic mass is 32.2. The van der Waals surface area contributed by atoms with E-state index in [2.05, 4.69) is 20.3 Å². The molecule has 0 saturated heterocycles. The smallest absolute Gasteiger partial charge is 0.439 e. The van der Waals surface area contributed by atoms with Crippen molar-refractivity contribution in [1.82, 2.24) is 15.0 Å². The highest BCUT2D eigenvalue weighted by Gasteiger charge is 2.35. The van der Waals surface area contributed by atoms with E-state index in [9.17, 15) is 13.2 Å². The largest absolute Gasteiger partial charge is 0.451 e. The summed E-state index contributed by atoms with van der Waals surface area (Å²) in [4.78, 5) is 10.9. The van der Waals surface area contributed by atoms with Crippen LogP contribution in [-0.2, 0) is 6.18 Å². The van der Waals surface area contributed by atoms with Crippen LogP contribution in [0.3, 0.4) is 0 Å². The number of alkyl halides is 3. The van der Waals surface area contributed by atoms with Crippen LogP contribution < -0.4 is 5.32 Å². The van der Waals surface area contributed by atoms with E-state index in [1.165, 1.54) is 12.3 Å². The lowest BCUT2D eigenvalue weighted by molar-refractivity contribution is -0.145. The molecule has 0 aliphatic heterocycles. The second kappa shape index (κ2) is 5.70. The zero-order chi connectivity index (χ0) is 14.8. The molecule has 0 amide bonds. The standard InChI is InChI=1S/C11H11F3N4OS/c1-3-15-7-4-8(18-9(17-7)11(12,13)14)20-10-16-6(2)5-19-10/h4-5H,3H2,1-2H3,(H,15,17,18). The average Bonchev–Trinajstić information content (AvgIpc) is 2.74. The number of hydrogen-bond donors (Lipinski definition) is 1. The summed E-state index contributed by atoms with van der Waals surface area (Å²) in [5.74, 6) is -1.08.